The third kappa shape index (κ3) is 4.43. The predicted molar refractivity (Wildman–Crippen MR) is 64.8 cm³/mol. The normalized spacial score (nSPS) is 11.7. The van der Waals surface area contributed by atoms with Crippen LogP contribution >= 0.6 is 0 Å². The number of rotatable bonds is 5. The van der Waals surface area contributed by atoms with Gasteiger partial charge in [0, 0.05) is 18.3 Å². The Bertz CT molecular complexity index is 288. The summed E-state index contributed by atoms with van der Waals surface area (Å²) in [5.74, 6) is 0. The van der Waals surface area contributed by atoms with Crippen LogP contribution in [0.1, 0.15) is 44.9 Å². The molecule has 0 amide bonds. The molecule has 0 aromatic carbocycles. The first-order valence-corrected chi connectivity index (χ1v) is 5.70. The molecule has 15 heavy (non-hydrogen) atoms. The maximum atomic E-state index is 4.38. The summed E-state index contributed by atoms with van der Waals surface area (Å²) in [6, 6.07) is 4.20. The van der Waals surface area contributed by atoms with Crippen molar-refractivity contribution in [2.24, 2.45) is 0 Å². The maximum absolute atomic E-state index is 4.38. The lowest BCUT2D eigenvalue weighted by molar-refractivity contribution is 0.355. The van der Waals surface area contributed by atoms with Crippen molar-refractivity contribution in [3.63, 3.8) is 0 Å². The Morgan fingerprint density at radius 2 is 2.07 bits per heavy atom. The Hall–Kier alpha value is -0.890. The highest BCUT2D eigenvalue weighted by Crippen LogP contribution is 2.11. The van der Waals surface area contributed by atoms with Crippen LogP contribution in [0, 0.1) is 6.92 Å². The summed E-state index contributed by atoms with van der Waals surface area (Å²) in [4.78, 5) is 4.38. The van der Waals surface area contributed by atoms with E-state index in [1.807, 2.05) is 6.20 Å². The molecule has 1 aromatic heterocycles. The summed E-state index contributed by atoms with van der Waals surface area (Å²) in [5.41, 5.74) is 2.54. The average molecular weight is 206 g/mol. The van der Waals surface area contributed by atoms with E-state index < -0.39 is 0 Å². The molecule has 0 fully saturated rings. The molecule has 2 nitrogen and oxygen atoms in total. The second kappa shape index (κ2) is 5.26. The SMILES string of the molecule is CCCC(C)(C)NCc1ccc(C)cn1. The van der Waals surface area contributed by atoms with Crippen molar-refractivity contribution in [3.05, 3.63) is 29.6 Å². The monoisotopic (exact) mass is 206 g/mol. The van der Waals surface area contributed by atoms with Gasteiger partial charge in [-0.05, 0) is 38.8 Å². The first-order valence-electron chi connectivity index (χ1n) is 5.70. The Morgan fingerprint density at radius 3 is 2.60 bits per heavy atom. The third-order valence-electron chi connectivity index (χ3n) is 2.60. The highest BCUT2D eigenvalue weighted by atomic mass is 15.0. The second-order valence-corrected chi connectivity index (χ2v) is 4.81. The first-order chi connectivity index (χ1) is 7.03. The van der Waals surface area contributed by atoms with Gasteiger partial charge in [-0.15, -0.1) is 0 Å². The quantitative estimate of drug-likeness (QED) is 0.801. The van der Waals surface area contributed by atoms with Crippen molar-refractivity contribution in [2.75, 3.05) is 0 Å². The minimum atomic E-state index is 0.210. The van der Waals surface area contributed by atoms with Crippen molar-refractivity contribution >= 4 is 0 Å². The summed E-state index contributed by atoms with van der Waals surface area (Å²) < 4.78 is 0. The van der Waals surface area contributed by atoms with E-state index in [4.69, 9.17) is 0 Å². The molecule has 0 unspecified atom stereocenters. The smallest absolute Gasteiger partial charge is 0.0542 e. The fourth-order valence-electron chi connectivity index (χ4n) is 1.65. The van der Waals surface area contributed by atoms with Crippen LogP contribution in [0.25, 0.3) is 0 Å². The molecule has 0 aliphatic heterocycles. The molecule has 0 aliphatic carbocycles. The van der Waals surface area contributed by atoms with Crippen LogP contribution in [-0.2, 0) is 6.54 Å². The zero-order valence-electron chi connectivity index (χ0n) is 10.3. The summed E-state index contributed by atoms with van der Waals surface area (Å²) in [5, 5.41) is 3.53. The van der Waals surface area contributed by atoms with Crippen molar-refractivity contribution in [3.8, 4) is 0 Å². The van der Waals surface area contributed by atoms with E-state index in [0.717, 1.165) is 12.2 Å². The van der Waals surface area contributed by atoms with Crippen molar-refractivity contribution < 1.29 is 0 Å². The van der Waals surface area contributed by atoms with Crippen molar-refractivity contribution in [2.45, 2.75) is 52.6 Å². The van der Waals surface area contributed by atoms with Gasteiger partial charge in [0.15, 0.2) is 0 Å². The maximum Gasteiger partial charge on any atom is 0.0542 e. The Kier molecular flexibility index (Phi) is 4.28. The molecule has 1 rings (SSSR count). The molecule has 84 valence electrons. The van der Waals surface area contributed by atoms with E-state index in [-0.39, 0.29) is 5.54 Å². The fraction of sp³-hybridized carbons (Fsp3) is 0.615. The third-order valence-corrected chi connectivity index (χ3v) is 2.60. The Balaban J connectivity index is 2.46. The van der Waals surface area contributed by atoms with E-state index in [2.05, 4.69) is 50.1 Å². The summed E-state index contributed by atoms with van der Waals surface area (Å²) >= 11 is 0. The summed E-state index contributed by atoms with van der Waals surface area (Å²) in [7, 11) is 0. The van der Waals surface area contributed by atoms with E-state index >= 15 is 0 Å². The number of pyridine rings is 1. The van der Waals surface area contributed by atoms with Crippen LogP contribution < -0.4 is 5.32 Å². The lowest BCUT2D eigenvalue weighted by Gasteiger charge is -2.25. The predicted octanol–water partition coefficient (Wildman–Crippen LogP) is 3.06. The molecule has 2 heteroatoms. The topological polar surface area (TPSA) is 24.9 Å². The highest BCUT2D eigenvalue weighted by Gasteiger charge is 2.14. The molecule has 0 atom stereocenters. The lowest BCUT2D eigenvalue weighted by Crippen LogP contribution is -2.38. The standard InChI is InChI=1S/C13H22N2/c1-5-8-13(3,4)15-10-12-7-6-11(2)9-14-12/h6-7,9,15H,5,8,10H2,1-4H3. The molecule has 1 aromatic rings. The zero-order valence-corrected chi connectivity index (χ0v) is 10.3. The zero-order chi connectivity index (χ0) is 11.3. The Morgan fingerprint density at radius 1 is 1.33 bits per heavy atom. The molecular weight excluding hydrogens is 184 g/mol. The van der Waals surface area contributed by atoms with Gasteiger partial charge in [-0.1, -0.05) is 19.4 Å². The van der Waals surface area contributed by atoms with Crippen LogP contribution in [-0.4, -0.2) is 10.5 Å². The molecule has 0 bridgehead atoms. The van der Waals surface area contributed by atoms with Crippen LogP contribution in [0.4, 0.5) is 0 Å². The van der Waals surface area contributed by atoms with E-state index in [9.17, 15) is 0 Å². The van der Waals surface area contributed by atoms with Crippen molar-refractivity contribution in [1.82, 2.24) is 10.3 Å². The Labute approximate surface area is 93.1 Å². The van der Waals surface area contributed by atoms with Crippen LogP contribution in [0.15, 0.2) is 18.3 Å². The molecule has 0 spiro atoms. The number of nitrogens with zero attached hydrogens (tertiary/aromatic N) is 1. The molecule has 0 saturated carbocycles. The second-order valence-electron chi connectivity index (χ2n) is 4.81. The molecule has 0 aliphatic rings. The molecular formula is C13H22N2. The van der Waals surface area contributed by atoms with Gasteiger partial charge >= 0.3 is 0 Å². The number of aromatic nitrogens is 1. The van der Waals surface area contributed by atoms with Gasteiger partial charge in [-0.25, -0.2) is 0 Å². The average Bonchev–Trinajstić information content (AvgIpc) is 2.17. The first kappa shape index (κ1) is 12.2. The fourth-order valence-corrected chi connectivity index (χ4v) is 1.65. The van der Waals surface area contributed by atoms with Gasteiger partial charge in [-0.2, -0.15) is 0 Å². The largest absolute Gasteiger partial charge is 0.306 e. The number of hydrogen-bond acceptors (Lipinski definition) is 2. The van der Waals surface area contributed by atoms with Gasteiger partial charge in [0.1, 0.15) is 0 Å². The lowest BCUT2D eigenvalue weighted by atomic mass is 9.99. The molecule has 0 radical (unpaired) electrons. The van der Waals surface area contributed by atoms with Gasteiger partial charge in [0.2, 0.25) is 0 Å². The number of nitrogens with one attached hydrogen (secondary N) is 1. The minimum Gasteiger partial charge on any atom is -0.306 e. The van der Waals surface area contributed by atoms with Gasteiger partial charge in [0.25, 0.3) is 0 Å². The number of aryl methyl sites for hydroxylation is 1. The number of hydrogen-bond donors (Lipinski definition) is 1. The van der Waals surface area contributed by atoms with E-state index in [0.29, 0.717) is 0 Å². The minimum absolute atomic E-state index is 0.210. The van der Waals surface area contributed by atoms with Crippen molar-refractivity contribution in [1.29, 1.82) is 0 Å². The summed E-state index contributed by atoms with van der Waals surface area (Å²) in [6.45, 7) is 9.61. The van der Waals surface area contributed by atoms with Gasteiger partial charge in [0.05, 0.1) is 5.69 Å². The van der Waals surface area contributed by atoms with Crippen LogP contribution in [0.2, 0.25) is 0 Å². The van der Waals surface area contributed by atoms with Crippen LogP contribution in [0.5, 0.6) is 0 Å². The molecule has 1 N–H and O–H groups in total. The molecule has 0 saturated heterocycles. The van der Waals surface area contributed by atoms with Crippen LogP contribution in [0.3, 0.4) is 0 Å². The summed E-state index contributed by atoms with van der Waals surface area (Å²) in [6.07, 6.45) is 4.32. The molecule has 1 heterocycles. The van der Waals surface area contributed by atoms with Gasteiger partial charge in [-0.3, -0.25) is 4.98 Å². The van der Waals surface area contributed by atoms with Gasteiger partial charge < -0.3 is 5.32 Å². The highest BCUT2D eigenvalue weighted by molar-refractivity contribution is 5.12. The van der Waals surface area contributed by atoms with E-state index in [1.165, 1.54) is 18.4 Å². The van der Waals surface area contributed by atoms with E-state index in [1.54, 1.807) is 0 Å².